The highest BCUT2D eigenvalue weighted by molar-refractivity contribution is 5.41. The van der Waals surface area contributed by atoms with Crippen molar-refractivity contribution >= 4 is 0 Å². The molecule has 0 aliphatic rings. The van der Waals surface area contributed by atoms with Crippen LogP contribution in [0.25, 0.3) is 0 Å². The van der Waals surface area contributed by atoms with Gasteiger partial charge in [-0.1, -0.05) is 24.3 Å². The van der Waals surface area contributed by atoms with Gasteiger partial charge in [-0.3, -0.25) is 0 Å². The average molecular weight is 322 g/mol. The summed E-state index contributed by atoms with van der Waals surface area (Å²) >= 11 is 0. The average Bonchev–Trinajstić information content (AvgIpc) is 2.62. The zero-order valence-electron chi connectivity index (χ0n) is 13.3. The minimum absolute atomic E-state index is 0.0177. The first-order valence-electron chi connectivity index (χ1n) is 7.56. The molecule has 0 fully saturated rings. The van der Waals surface area contributed by atoms with Crippen molar-refractivity contribution in [3.05, 3.63) is 78.4 Å². The van der Waals surface area contributed by atoms with E-state index in [0.29, 0.717) is 23.0 Å². The smallest absolute Gasteiger partial charge is 0.131 e. The zero-order valence-corrected chi connectivity index (χ0v) is 13.3. The molecule has 0 aliphatic carbocycles. The monoisotopic (exact) mass is 322 g/mol. The SMILES string of the molecule is COc1cccc(Oc2cccc(Oc3cccc(CO)c3)c2)c1. The van der Waals surface area contributed by atoms with Gasteiger partial charge in [0.15, 0.2) is 0 Å². The Hall–Kier alpha value is -2.98. The summed E-state index contributed by atoms with van der Waals surface area (Å²) in [5, 5.41) is 9.19. The summed E-state index contributed by atoms with van der Waals surface area (Å²) in [6.45, 7) is -0.0177. The van der Waals surface area contributed by atoms with Crippen LogP contribution in [-0.2, 0) is 6.61 Å². The van der Waals surface area contributed by atoms with Crippen LogP contribution >= 0.6 is 0 Å². The first-order valence-corrected chi connectivity index (χ1v) is 7.56. The van der Waals surface area contributed by atoms with Gasteiger partial charge < -0.3 is 19.3 Å². The number of aliphatic hydroxyl groups is 1. The van der Waals surface area contributed by atoms with E-state index in [2.05, 4.69) is 0 Å². The second-order valence-electron chi connectivity index (χ2n) is 5.16. The van der Waals surface area contributed by atoms with Crippen LogP contribution in [0.2, 0.25) is 0 Å². The molecule has 0 amide bonds. The molecule has 0 aliphatic heterocycles. The van der Waals surface area contributed by atoms with E-state index in [1.165, 1.54) is 0 Å². The third-order valence-corrected chi connectivity index (χ3v) is 3.40. The van der Waals surface area contributed by atoms with Crippen LogP contribution in [-0.4, -0.2) is 12.2 Å². The van der Waals surface area contributed by atoms with Gasteiger partial charge in [0.25, 0.3) is 0 Å². The Labute approximate surface area is 140 Å². The van der Waals surface area contributed by atoms with Crippen molar-refractivity contribution in [2.45, 2.75) is 6.61 Å². The van der Waals surface area contributed by atoms with Crippen molar-refractivity contribution in [1.29, 1.82) is 0 Å². The molecule has 0 aromatic heterocycles. The topological polar surface area (TPSA) is 47.9 Å². The molecule has 0 spiro atoms. The van der Waals surface area contributed by atoms with E-state index >= 15 is 0 Å². The third kappa shape index (κ3) is 4.06. The van der Waals surface area contributed by atoms with Crippen molar-refractivity contribution in [3.63, 3.8) is 0 Å². The Morgan fingerprint density at radius 3 is 1.67 bits per heavy atom. The number of hydrogen-bond acceptors (Lipinski definition) is 4. The Morgan fingerprint density at radius 2 is 1.12 bits per heavy atom. The van der Waals surface area contributed by atoms with E-state index in [0.717, 1.165) is 11.3 Å². The maximum atomic E-state index is 9.19. The largest absolute Gasteiger partial charge is 0.497 e. The van der Waals surface area contributed by atoms with Crippen LogP contribution in [0.1, 0.15) is 5.56 Å². The van der Waals surface area contributed by atoms with Crippen molar-refractivity contribution < 1.29 is 19.3 Å². The fraction of sp³-hybridized carbons (Fsp3) is 0.100. The fourth-order valence-electron chi connectivity index (χ4n) is 2.25. The van der Waals surface area contributed by atoms with Gasteiger partial charge in [0, 0.05) is 12.1 Å². The summed E-state index contributed by atoms with van der Waals surface area (Å²) in [5.74, 6) is 3.42. The molecule has 0 radical (unpaired) electrons. The molecular formula is C20H18O4. The highest BCUT2D eigenvalue weighted by atomic mass is 16.5. The number of benzene rings is 3. The second-order valence-corrected chi connectivity index (χ2v) is 5.16. The molecule has 0 saturated carbocycles. The summed E-state index contributed by atoms with van der Waals surface area (Å²) < 4.78 is 16.9. The van der Waals surface area contributed by atoms with Crippen molar-refractivity contribution in [3.8, 4) is 28.7 Å². The van der Waals surface area contributed by atoms with Crippen molar-refractivity contribution in [2.24, 2.45) is 0 Å². The molecule has 3 aromatic carbocycles. The lowest BCUT2D eigenvalue weighted by Crippen LogP contribution is -1.89. The minimum atomic E-state index is -0.0177. The maximum Gasteiger partial charge on any atom is 0.131 e. The molecule has 0 unspecified atom stereocenters. The minimum Gasteiger partial charge on any atom is -0.497 e. The molecule has 4 heteroatoms. The van der Waals surface area contributed by atoms with Crippen LogP contribution < -0.4 is 14.2 Å². The first kappa shape index (κ1) is 15.9. The van der Waals surface area contributed by atoms with E-state index < -0.39 is 0 Å². The van der Waals surface area contributed by atoms with Gasteiger partial charge in [0.2, 0.25) is 0 Å². The van der Waals surface area contributed by atoms with Crippen LogP contribution in [0.4, 0.5) is 0 Å². The summed E-state index contributed by atoms with van der Waals surface area (Å²) in [6, 6.07) is 22.1. The molecule has 122 valence electrons. The third-order valence-electron chi connectivity index (χ3n) is 3.40. The van der Waals surface area contributed by atoms with Crippen molar-refractivity contribution in [2.75, 3.05) is 7.11 Å². The number of aliphatic hydroxyl groups excluding tert-OH is 1. The predicted octanol–water partition coefficient (Wildman–Crippen LogP) is 4.77. The molecule has 1 N–H and O–H groups in total. The first-order chi connectivity index (χ1) is 11.8. The quantitative estimate of drug-likeness (QED) is 0.710. The predicted molar refractivity (Wildman–Crippen MR) is 91.9 cm³/mol. The Bertz CT molecular complexity index is 749. The standard InChI is InChI=1S/C20H18O4/c1-22-16-6-3-8-18(12-16)24-20-10-4-9-19(13-20)23-17-7-2-5-15(11-17)14-21/h2-13,21H,14H2,1H3. The molecule has 24 heavy (non-hydrogen) atoms. The molecule has 0 heterocycles. The summed E-state index contributed by atoms with van der Waals surface area (Å²) in [5.41, 5.74) is 0.802. The molecule has 4 nitrogen and oxygen atoms in total. The van der Waals surface area contributed by atoms with E-state index in [4.69, 9.17) is 14.2 Å². The van der Waals surface area contributed by atoms with Crippen LogP contribution in [0, 0.1) is 0 Å². The van der Waals surface area contributed by atoms with E-state index in [1.54, 1.807) is 13.2 Å². The summed E-state index contributed by atoms with van der Waals surface area (Å²) in [6.07, 6.45) is 0. The van der Waals surface area contributed by atoms with Gasteiger partial charge in [-0.15, -0.1) is 0 Å². The van der Waals surface area contributed by atoms with Gasteiger partial charge in [-0.05, 0) is 42.0 Å². The maximum absolute atomic E-state index is 9.19. The Kier molecular flexibility index (Phi) is 4.99. The lowest BCUT2D eigenvalue weighted by Gasteiger charge is -2.10. The lowest BCUT2D eigenvalue weighted by molar-refractivity contribution is 0.281. The Morgan fingerprint density at radius 1 is 0.667 bits per heavy atom. The number of rotatable bonds is 6. The van der Waals surface area contributed by atoms with Crippen molar-refractivity contribution in [1.82, 2.24) is 0 Å². The molecule has 0 saturated heterocycles. The summed E-state index contributed by atoms with van der Waals surface area (Å²) in [4.78, 5) is 0. The normalized spacial score (nSPS) is 10.2. The van der Waals surface area contributed by atoms with Gasteiger partial charge >= 0.3 is 0 Å². The zero-order chi connectivity index (χ0) is 16.8. The Balaban J connectivity index is 1.76. The van der Waals surface area contributed by atoms with Gasteiger partial charge in [0.1, 0.15) is 28.7 Å². The molecule has 0 bridgehead atoms. The van der Waals surface area contributed by atoms with E-state index in [9.17, 15) is 5.11 Å². The number of ether oxygens (including phenoxy) is 3. The van der Waals surface area contributed by atoms with Crippen LogP contribution in [0.15, 0.2) is 72.8 Å². The number of methoxy groups -OCH3 is 1. The lowest BCUT2D eigenvalue weighted by atomic mass is 10.2. The second kappa shape index (κ2) is 7.53. The highest BCUT2D eigenvalue weighted by Crippen LogP contribution is 2.30. The van der Waals surface area contributed by atoms with E-state index in [-0.39, 0.29) is 6.61 Å². The highest BCUT2D eigenvalue weighted by Gasteiger charge is 2.03. The molecule has 0 atom stereocenters. The van der Waals surface area contributed by atoms with Gasteiger partial charge in [-0.25, -0.2) is 0 Å². The molecular weight excluding hydrogens is 304 g/mol. The summed E-state index contributed by atoms with van der Waals surface area (Å²) in [7, 11) is 1.62. The van der Waals surface area contributed by atoms with Gasteiger partial charge in [-0.2, -0.15) is 0 Å². The fourth-order valence-corrected chi connectivity index (χ4v) is 2.25. The molecule has 3 aromatic rings. The van der Waals surface area contributed by atoms with Crippen LogP contribution in [0.3, 0.4) is 0 Å². The van der Waals surface area contributed by atoms with Gasteiger partial charge in [0.05, 0.1) is 13.7 Å². The number of hydrogen-bond donors (Lipinski definition) is 1. The van der Waals surface area contributed by atoms with E-state index in [1.807, 2.05) is 66.7 Å². The van der Waals surface area contributed by atoms with Crippen LogP contribution in [0.5, 0.6) is 28.7 Å². The molecule has 3 rings (SSSR count).